The fourth-order valence-corrected chi connectivity index (χ4v) is 5.19. The van der Waals surface area contributed by atoms with E-state index in [1.54, 1.807) is 10.7 Å². The van der Waals surface area contributed by atoms with Crippen LogP contribution < -0.4 is 5.32 Å². The third-order valence-corrected chi connectivity index (χ3v) is 6.42. The third-order valence-electron chi connectivity index (χ3n) is 4.43. The van der Waals surface area contributed by atoms with Crippen LogP contribution in [0.5, 0.6) is 0 Å². The number of hydrogen-bond acceptors (Lipinski definition) is 5. The molecule has 1 fully saturated rings. The molecule has 9 heteroatoms. The quantitative estimate of drug-likeness (QED) is 0.789. The van der Waals surface area contributed by atoms with Gasteiger partial charge in [0.25, 0.3) is 0 Å². The maximum absolute atomic E-state index is 12.4. The predicted molar refractivity (Wildman–Crippen MR) is 106 cm³/mol. The lowest BCUT2D eigenvalue weighted by atomic mass is 10.2. The average Bonchev–Trinajstić information content (AvgIpc) is 3.09. The van der Waals surface area contributed by atoms with Crippen LogP contribution in [-0.4, -0.2) is 54.1 Å². The summed E-state index contributed by atoms with van der Waals surface area (Å²) >= 11 is 5.99. The van der Waals surface area contributed by atoms with Gasteiger partial charge in [-0.3, -0.25) is 9.69 Å². The molecular formula is C18H23ClN4O3S. The van der Waals surface area contributed by atoms with E-state index in [1.165, 1.54) is 0 Å². The first-order valence-corrected chi connectivity index (χ1v) is 10.9. The number of carbonyl (C=O) groups is 1. The van der Waals surface area contributed by atoms with E-state index in [1.807, 2.05) is 43.1 Å². The zero-order valence-corrected chi connectivity index (χ0v) is 16.9. The fourth-order valence-electron chi connectivity index (χ4n) is 3.29. The summed E-state index contributed by atoms with van der Waals surface area (Å²) in [6.07, 6.45) is 0.515. The van der Waals surface area contributed by atoms with E-state index in [0.29, 0.717) is 23.8 Å². The molecule has 2 aromatic rings. The smallest absolute Gasteiger partial charge is 0.239 e. The van der Waals surface area contributed by atoms with E-state index in [4.69, 9.17) is 11.6 Å². The van der Waals surface area contributed by atoms with Crippen LogP contribution in [0.1, 0.15) is 23.7 Å². The van der Waals surface area contributed by atoms with Gasteiger partial charge < -0.3 is 5.32 Å². The summed E-state index contributed by atoms with van der Waals surface area (Å²) in [5.74, 6) is 0.579. The molecule has 0 radical (unpaired) electrons. The average molecular weight is 411 g/mol. The first kappa shape index (κ1) is 19.9. The molecule has 1 saturated heterocycles. The van der Waals surface area contributed by atoms with Gasteiger partial charge in [-0.2, -0.15) is 5.10 Å². The van der Waals surface area contributed by atoms with E-state index < -0.39 is 9.84 Å². The van der Waals surface area contributed by atoms with Gasteiger partial charge in [0.05, 0.1) is 29.8 Å². The molecule has 3 rings (SSSR count). The number of rotatable bonds is 6. The van der Waals surface area contributed by atoms with Crippen molar-refractivity contribution in [3.8, 4) is 0 Å². The standard InChI is InChI=1S/C18H23ClN4O3S/c1-13-8-17(23(21-13)16-6-7-27(25,26)12-16)20-18(24)11-22(2)10-14-4-3-5-15(19)9-14/h3-5,8-9,16H,6-7,10-12H2,1-2H3,(H,20,24). The van der Waals surface area contributed by atoms with Gasteiger partial charge in [-0.25, -0.2) is 13.1 Å². The number of carbonyl (C=O) groups excluding carboxylic acids is 1. The van der Waals surface area contributed by atoms with E-state index in [2.05, 4.69) is 10.4 Å². The van der Waals surface area contributed by atoms with Gasteiger partial charge in [-0.1, -0.05) is 23.7 Å². The number of halogens is 1. The van der Waals surface area contributed by atoms with Gasteiger partial charge in [0.15, 0.2) is 9.84 Å². The molecule has 1 amide bonds. The lowest BCUT2D eigenvalue weighted by Crippen LogP contribution is -2.31. The molecule has 146 valence electrons. The number of aryl methyl sites for hydroxylation is 1. The Balaban J connectivity index is 1.62. The van der Waals surface area contributed by atoms with Crippen LogP contribution in [0.3, 0.4) is 0 Å². The number of nitrogens with one attached hydrogen (secondary N) is 1. The second-order valence-electron chi connectivity index (χ2n) is 7.02. The van der Waals surface area contributed by atoms with Gasteiger partial charge in [0.2, 0.25) is 5.91 Å². The van der Waals surface area contributed by atoms with Gasteiger partial charge in [-0.15, -0.1) is 0 Å². The highest BCUT2D eigenvalue weighted by Gasteiger charge is 2.31. The van der Waals surface area contributed by atoms with Crippen molar-refractivity contribution in [2.24, 2.45) is 0 Å². The van der Waals surface area contributed by atoms with Crippen molar-refractivity contribution in [1.29, 1.82) is 0 Å². The maximum Gasteiger partial charge on any atom is 0.239 e. The van der Waals surface area contributed by atoms with Gasteiger partial charge in [0.1, 0.15) is 5.82 Å². The molecule has 1 aliphatic rings. The van der Waals surface area contributed by atoms with Gasteiger partial charge in [-0.05, 0) is 38.1 Å². The molecule has 2 heterocycles. The molecule has 1 aliphatic heterocycles. The van der Waals surface area contributed by atoms with E-state index in [-0.39, 0.29) is 30.0 Å². The van der Waals surface area contributed by atoms with E-state index in [0.717, 1.165) is 11.3 Å². The molecule has 7 nitrogen and oxygen atoms in total. The zero-order valence-electron chi connectivity index (χ0n) is 15.4. The molecule has 0 bridgehead atoms. The molecule has 1 unspecified atom stereocenters. The Labute approximate surface area is 164 Å². The zero-order chi connectivity index (χ0) is 19.6. The van der Waals surface area contributed by atoms with Crippen molar-refractivity contribution in [2.75, 3.05) is 30.4 Å². The van der Waals surface area contributed by atoms with Crippen LogP contribution in [-0.2, 0) is 21.2 Å². The summed E-state index contributed by atoms with van der Waals surface area (Å²) in [4.78, 5) is 14.3. The summed E-state index contributed by atoms with van der Waals surface area (Å²) in [7, 11) is -1.18. The summed E-state index contributed by atoms with van der Waals surface area (Å²) in [6, 6.07) is 9.05. The van der Waals surface area contributed by atoms with Crippen LogP contribution in [0.15, 0.2) is 30.3 Å². The highest BCUT2D eigenvalue weighted by atomic mass is 35.5. The van der Waals surface area contributed by atoms with Crippen molar-refractivity contribution in [1.82, 2.24) is 14.7 Å². The van der Waals surface area contributed by atoms with Crippen LogP contribution in [0.4, 0.5) is 5.82 Å². The number of likely N-dealkylation sites (N-methyl/N-ethyl adjacent to an activating group) is 1. The van der Waals surface area contributed by atoms with Crippen molar-refractivity contribution < 1.29 is 13.2 Å². The number of amides is 1. The Bertz CT molecular complexity index is 942. The summed E-state index contributed by atoms with van der Waals surface area (Å²) in [6.45, 7) is 2.60. The second kappa shape index (κ2) is 8.00. The third kappa shape index (κ3) is 5.31. The first-order chi connectivity index (χ1) is 12.7. The lowest BCUT2D eigenvalue weighted by Gasteiger charge is -2.18. The summed E-state index contributed by atoms with van der Waals surface area (Å²) in [5, 5.41) is 7.90. The molecule has 1 aromatic heterocycles. The second-order valence-corrected chi connectivity index (χ2v) is 9.69. The number of aromatic nitrogens is 2. The minimum absolute atomic E-state index is 0.0612. The van der Waals surface area contributed by atoms with Crippen LogP contribution in [0.2, 0.25) is 5.02 Å². The van der Waals surface area contributed by atoms with Crippen molar-refractivity contribution in [2.45, 2.75) is 25.9 Å². The van der Waals surface area contributed by atoms with Gasteiger partial charge in [0, 0.05) is 17.6 Å². The Morgan fingerprint density at radius 1 is 1.41 bits per heavy atom. The molecule has 0 saturated carbocycles. The predicted octanol–water partition coefficient (Wildman–Crippen LogP) is 2.28. The highest BCUT2D eigenvalue weighted by molar-refractivity contribution is 7.91. The van der Waals surface area contributed by atoms with Crippen molar-refractivity contribution in [3.05, 3.63) is 46.6 Å². The molecule has 27 heavy (non-hydrogen) atoms. The number of hydrogen-bond donors (Lipinski definition) is 1. The van der Waals surface area contributed by atoms with Crippen molar-refractivity contribution >= 4 is 33.2 Å². The lowest BCUT2D eigenvalue weighted by molar-refractivity contribution is -0.117. The molecule has 1 aromatic carbocycles. The Morgan fingerprint density at radius 2 is 2.19 bits per heavy atom. The van der Waals surface area contributed by atoms with E-state index >= 15 is 0 Å². The van der Waals surface area contributed by atoms with Crippen LogP contribution in [0.25, 0.3) is 0 Å². The number of anilines is 1. The van der Waals surface area contributed by atoms with E-state index in [9.17, 15) is 13.2 Å². The van der Waals surface area contributed by atoms with Crippen LogP contribution in [0, 0.1) is 6.92 Å². The number of sulfone groups is 1. The molecule has 0 aliphatic carbocycles. The molecule has 1 atom stereocenters. The monoisotopic (exact) mass is 410 g/mol. The topological polar surface area (TPSA) is 84.3 Å². The number of nitrogens with zero attached hydrogens (tertiary/aromatic N) is 3. The molecule has 0 spiro atoms. The minimum Gasteiger partial charge on any atom is -0.310 e. The summed E-state index contributed by atoms with van der Waals surface area (Å²) < 4.78 is 25.1. The molecule has 1 N–H and O–H groups in total. The Kier molecular flexibility index (Phi) is 5.88. The Morgan fingerprint density at radius 3 is 2.85 bits per heavy atom. The maximum atomic E-state index is 12.4. The summed E-state index contributed by atoms with van der Waals surface area (Å²) in [5.41, 5.74) is 1.76. The highest BCUT2D eigenvalue weighted by Crippen LogP contribution is 2.27. The fraction of sp³-hybridized carbons (Fsp3) is 0.444. The normalized spacial score (nSPS) is 18.7. The largest absolute Gasteiger partial charge is 0.310 e. The van der Waals surface area contributed by atoms with Gasteiger partial charge >= 0.3 is 0 Å². The SMILES string of the molecule is Cc1cc(NC(=O)CN(C)Cc2cccc(Cl)c2)n(C2CCS(=O)(=O)C2)n1. The first-order valence-electron chi connectivity index (χ1n) is 8.71. The Hall–Kier alpha value is -1.90. The van der Waals surface area contributed by atoms with Crippen LogP contribution >= 0.6 is 11.6 Å². The minimum atomic E-state index is -3.03. The molecular weight excluding hydrogens is 388 g/mol. The number of benzene rings is 1. The van der Waals surface area contributed by atoms with Crippen molar-refractivity contribution in [3.63, 3.8) is 0 Å².